The van der Waals surface area contributed by atoms with Crippen molar-refractivity contribution in [3.05, 3.63) is 30.3 Å². The van der Waals surface area contributed by atoms with Crippen LogP contribution in [0.1, 0.15) is 46.0 Å². The second-order valence-electron chi connectivity index (χ2n) is 5.59. The minimum absolute atomic E-state index is 0.778. The van der Waals surface area contributed by atoms with Crippen molar-refractivity contribution in [3.8, 4) is 5.75 Å². The van der Waals surface area contributed by atoms with E-state index in [1.807, 2.05) is 30.3 Å². The van der Waals surface area contributed by atoms with Crippen molar-refractivity contribution >= 4 is 0 Å². The van der Waals surface area contributed by atoms with Crippen LogP contribution in [0, 0.1) is 0 Å². The van der Waals surface area contributed by atoms with E-state index in [1.165, 1.54) is 32.2 Å². The van der Waals surface area contributed by atoms with Crippen LogP contribution in [0.5, 0.6) is 5.75 Å². The first-order valence-electron chi connectivity index (χ1n) is 7.75. The van der Waals surface area contributed by atoms with Gasteiger partial charge in [-0.25, -0.2) is 0 Å². The van der Waals surface area contributed by atoms with Crippen LogP contribution >= 0.6 is 0 Å². The molecule has 1 aromatic rings. The van der Waals surface area contributed by atoms with Gasteiger partial charge in [-0.3, -0.25) is 4.90 Å². The molecule has 0 spiro atoms. The highest BCUT2D eigenvalue weighted by Gasteiger charge is 2.28. The maximum atomic E-state index is 5.73. The number of para-hydroxylation sites is 1. The SMILES string of the molecule is CCC1CCC(C)N1CCCCOc1ccccc1. The lowest BCUT2D eigenvalue weighted by molar-refractivity contribution is 0.188. The Morgan fingerprint density at radius 3 is 2.68 bits per heavy atom. The lowest BCUT2D eigenvalue weighted by Gasteiger charge is -2.27. The molecule has 1 aliphatic heterocycles. The van der Waals surface area contributed by atoms with Crippen LogP contribution in [0.4, 0.5) is 0 Å². The van der Waals surface area contributed by atoms with Gasteiger partial charge in [-0.15, -0.1) is 0 Å². The molecule has 0 saturated carbocycles. The Kier molecular flexibility index (Phi) is 5.71. The zero-order valence-electron chi connectivity index (χ0n) is 12.3. The largest absolute Gasteiger partial charge is 0.494 e. The Morgan fingerprint density at radius 2 is 1.95 bits per heavy atom. The lowest BCUT2D eigenvalue weighted by atomic mass is 10.1. The summed E-state index contributed by atoms with van der Waals surface area (Å²) in [6.45, 7) is 6.76. The van der Waals surface area contributed by atoms with Crippen LogP contribution in [0.3, 0.4) is 0 Å². The third kappa shape index (κ3) is 4.24. The fourth-order valence-electron chi connectivity index (χ4n) is 3.07. The summed E-state index contributed by atoms with van der Waals surface area (Å²) in [5.74, 6) is 0.989. The normalized spacial score (nSPS) is 23.7. The molecule has 1 aliphatic rings. The van der Waals surface area contributed by atoms with E-state index in [-0.39, 0.29) is 0 Å². The van der Waals surface area contributed by atoms with E-state index in [0.717, 1.165) is 30.9 Å². The fourth-order valence-corrected chi connectivity index (χ4v) is 3.07. The molecule has 1 saturated heterocycles. The summed E-state index contributed by atoms with van der Waals surface area (Å²) in [5.41, 5.74) is 0. The summed E-state index contributed by atoms with van der Waals surface area (Å²) >= 11 is 0. The van der Waals surface area contributed by atoms with Crippen molar-refractivity contribution in [2.45, 2.75) is 58.0 Å². The van der Waals surface area contributed by atoms with Gasteiger partial charge in [0.1, 0.15) is 5.75 Å². The van der Waals surface area contributed by atoms with Gasteiger partial charge in [-0.1, -0.05) is 25.1 Å². The van der Waals surface area contributed by atoms with Gasteiger partial charge in [-0.2, -0.15) is 0 Å². The minimum Gasteiger partial charge on any atom is -0.494 e. The van der Waals surface area contributed by atoms with Gasteiger partial charge < -0.3 is 4.74 Å². The van der Waals surface area contributed by atoms with Crippen LogP contribution in [0.25, 0.3) is 0 Å². The van der Waals surface area contributed by atoms with Crippen LogP contribution < -0.4 is 4.74 Å². The summed E-state index contributed by atoms with van der Waals surface area (Å²) < 4.78 is 5.73. The monoisotopic (exact) mass is 261 g/mol. The van der Waals surface area contributed by atoms with Crippen LogP contribution in [-0.4, -0.2) is 30.1 Å². The Morgan fingerprint density at radius 1 is 1.16 bits per heavy atom. The number of nitrogens with zero attached hydrogens (tertiary/aromatic N) is 1. The average Bonchev–Trinajstić information content (AvgIpc) is 2.80. The maximum absolute atomic E-state index is 5.73. The zero-order chi connectivity index (χ0) is 13.5. The van der Waals surface area contributed by atoms with E-state index >= 15 is 0 Å². The molecule has 106 valence electrons. The van der Waals surface area contributed by atoms with Gasteiger partial charge in [0.25, 0.3) is 0 Å². The zero-order valence-corrected chi connectivity index (χ0v) is 12.3. The van der Waals surface area contributed by atoms with E-state index in [0.29, 0.717) is 0 Å². The molecule has 0 N–H and O–H groups in total. The van der Waals surface area contributed by atoms with E-state index in [2.05, 4.69) is 18.7 Å². The third-order valence-electron chi connectivity index (χ3n) is 4.25. The fraction of sp³-hybridized carbons (Fsp3) is 0.647. The van der Waals surface area contributed by atoms with Gasteiger partial charge in [-0.05, 0) is 57.7 Å². The summed E-state index contributed by atoms with van der Waals surface area (Å²) in [6.07, 6.45) is 6.45. The number of ether oxygens (including phenoxy) is 1. The highest BCUT2D eigenvalue weighted by Crippen LogP contribution is 2.26. The summed E-state index contributed by atoms with van der Waals surface area (Å²) in [5, 5.41) is 0. The third-order valence-corrected chi connectivity index (χ3v) is 4.25. The topological polar surface area (TPSA) is 12.5 Å². The number of benzene rings is 1. The minimum atomic E-state index is 0.778. The highest BCUT2D eigenvalue weighted by atomic mass is 16.5. The smallest absolute Gasteiger partial charge is 0.119 e. The molecular weight excluding hydrogens is 234 g/mol. The molecule has 2 nitrogen and oxygen atoms in total. The molecular formula is C17H27NO. The molecule has 0 bridgehead atoms. The van der Waals surface area contributed by atoms with E-state index in [1.54, 1.807) is 0 Å². The first-order valence-corrected chi connectivity index (χ1v) is 7.75. The van der Waals surface area contributed by atoms with Crippen molar-refractivity contribution in [2.24, 2.45) is 0 Å². The molecule has 2 heteroatoms. The number of hydrogen-bond donors (Lipinski definition) is 0. The lowest BCUT2D eigenvalue weighted by Crippen LogP contribution is -2.35. The Balaban J connectivity index is 1.61. The van der Waals surface area contributed by atoms with Crippen molar-refractivity contribution in [1.82, 2.24) is 4.90 Å². The van der Waals surface area contributed by atoms with Crippen molar-refractivity contribution in [2.75, 3.05) is 13.2 Å². The van der Waals surface area contributed by atoms with Crippen molar-refractivity contribution < 1.29 is 4.74 Å². The number of rotatable bonds is 7. The van der Waals surface area contributed by atoms with Crippen LogP contribution in [0.15, 0.2) is 30.3 Å². The van der Waals surface area contributed by atoms with Gasteiger partial charge in [0.15, 0.2) is 0 Å². The number of likely N-dealkylation sites (tertiary alicyclic amines) is 1. The van der Waals surface area contributed by atoms with Gasteiger partial charge in [0.05, 0.1) is 6.61 Å². The highest BCUT2D eigenvalue weighted by molar-refractivity contribution is 5.20. The molecule has 19 heavy (non-hydrogen) atoms. The molecule has 2 atom stereocenters. The summed E-state index contributed by atoms with van der Waals surface area (Å²) in [7, 11) is 0. The predicted molar refractivity (Wildman–Crippen MR) is 80.7 cm³/mol. The molecule has 1 heterocycles. The molecule has 1 fully saturated rings. The van der Waals surface area contributed by atoms with Crippen LogP contribution in [-0.2, 0) is 0 Å². The summed E-state index contributed by atoms with van der Waals surface area (Å²) in [6, 6.07) is 11.7. The molecule has 0 aliphatic carbocycles. The standard InChI is InChI=1S/C17H27NO/c1-3-16-12-11-15(2)18(16)13-7-8-14-19-17-9-5-4-6-10-17/h4-6,9-10,15-16H,3,7-8,11-14H2,1-2H3. The van der Waals surface area contributed by atoms with E-state index in [9.17, 15) is 0 Å². The second-order valence-corrected chi connectivity index (χ2v) is 5.59. The average molecular weight is 261 g/mol. The molecule has 2 unspecified atom stereocenters. The Bertz CT molecular complexity index is 352. The van der Waals surface area contributed by atoms with Crippen molar-refractivity contribution in [3.63, 3.8) is 0 Å². The molecule has 0 amide bonds. The van der Waals surface area contributed by atoms with Gasteiger partial charge in [0, 0.05) is 12.1 Å². The molecule has 1 aromatic carbocycles. The number of hydrogen-bond acceptors (Lipinski definition) is 2. The number of unbranched alkanes of at least 4 members (excludes halogenated alkanes) is 1. The van der Waals surface area contributed by atoms with Crippen LogP contribution in [0.2, 0.25) is 0 Å². The van der Waals surface area contributed by atoms with E-state index < -0.39 is 0 Å². The molecule has 2 rings (SSSR count). The van der Waals surface area contributed by atoms with E-state index in [4.69, 9.17) is 4.74 Å². The maximum Gasteiger partial charge on any atom is 0.119 e. The van der Waals surface area contributed by atoms with Gasteiger partial charge >= 0.3 is 0 Å². The second kappa shape index (κ2) is 7.54. The Hall–Kier alpha value is -1.02. The van der Waals surface area contributed by atoms with Crippen molar-refractivity contribution in [1.29, 1.82) is 0 Å². The Labute approximate surface area is 117 Å². The quantitative estimate of drug-likeness (QED) is 0.685. The molecule has 0 aromatic heterocycles. The van der Waals surface area contributed by atoms with Gasteiger partial charge in [0.2, 0.25) is 0 Å². The summed E-state index contributed by atoms with van der Waals surface area (Å²) in [4.78, 5) is 2.70. The first-order chi connectivity index (χ1) is 9.31. The molecule has 0 radical (unpaired) electrons. The predicted octanol–water partition coefficient (Wildman–Crippen LogP) is 4.11. The first kappa shape index (κ1) is 14.4.